The number of hydrogen-bond acceptors (Lipinski definition) is 2. The van der Waals surface area contributed by atoms with Crippen LogP contribution in [0.15, 0.2) is 0 Å². The Balaban J connectivity index is 1.96. The summed E-state index contributed by atoms with van der Waals surface area (Å²) in [5.41, 5.74) is 0. The van der Waals surface area contributed by atoms with Crippen LogP contribution in [0.4, 0.5) is 0 Å². The lowest BCUT2D eigenvalue weighted by Gasteiger charge is -2.22. The number of hydrogen-bond donors (Lipinski definition) is 0. The fourth-order valence-corrected chi connectivity index (χ4v) is 2.05. The van der Waals surface area contributed by atoms with E-state index in [1.807, 2.05) is 0 Å². The zero-order valence-corrected chi connectivity index (χ0v) is 7.14. The first-order valence-electron chi connectivity index (χ1n) is 4.66. The van der Waals surface area contributed by atoms with Gasteiger partial charge in [0, 0.05) is 12.8 Å². The Morgan fingerprint density at radius 3 is 2.91 bits per heavy atom. The van der Waals surface area contributed by atoms with E-state index in [0.29, 0.717) is 6.10 Å². The molecule has 2 saturated heterocycles. The van der Waals surface area contributed by atoms with Crippen LogP contribution in [0.5, 0.6) is 0 Å². The first kappa shape index (κ1) is 7.56. The van der Waals surface area contributed by atoms with Gasteiger partial charge in [-0.2, -0.15) is 0 Å². The summed E-state index contributed by atoms with van der Waals surface area (Å²) in [4.78, 5) is 0. The molecule has 0 saturated carbocycles. The maximum Gasteiger partial charge on any atom is 0.168 e. The van der Waals surface area contributed by atoms with Crippen LogP contribution >= 0.6 is 0 Å². The highest BCUT2D eigenvalue weighted by Gasteiger charge is 2.42. The van der Waals surface area contributed by atoms with Crippen LogP contribution in [0.3, 0.4) is 0 Å². The molecule has 2 aliphatic heterocycles. The molecule has 2 atom stereocenters. The minimum Gasteiger partial charge on any atom is -0.350 e. The van der Waals surface area contributed by atoms with Crippen molar-refractivity contribution in [2.45, 2.75) is 50.9 Å². The molecule has 64 valence electrons. The Kier molecular flexibility index (Phi) is 1.90. The van der Waals surface area contributed by atoms with Gasteiger partial charge in [0.15, 0.2) is 5.79 Å². The minimum atomic E-state index is -0.138. The summed E-state index contributed by atoms with van der Waals surface area (Å²) in [5, 5.41) is 0. The van der Waals surface area contributed by atoms with Crippen molar-refractivity contribution in [2.24, 2.45) is 0 Å². The van der Waals surface area contributed by atoms with Crippen LogP contribution in [0.25, 0.3) is 0 Å². The van der Waals surface area contributed by atoms with Crippen molar-refractivity contribution >= 4 is 0 Å². The first-order chi connectivity index (χ1) is 5.35. The van der Waals surface area contributed by atoms with Gasteiger partial charge in [-0.3, -0.25) is 0 Å². The van der Waals surface area contributed by atoms with Crippen LogP contribution in [-0.2, 0) is 9.47 Å². The predicted molar refractivity (Wildman–Crippen MR) is 42.3 cm³/mol. The molecule has 0 amide bonds. The molecule has 2 rings (SSSR count). The molecule has 0 unspecified atom stereocenters. The van der Waals surface area contributed by atoms with E-state index >= 15 is 0 Å². The van der Waals surface area contributed by atoms with Crippen LogP contribution in [0, 0.1) is 0 Å². The highest BCUT2D eigenvalue weighted by molar-refractivity contribution is 4.83. The van der Waals surface area contributed by atoms with Gasteiger partial charge in [-0.15, -0.1) is 0 Å². The Labute approximate surface area is 67.9 Å². The van der Waals surface area contributed by atoms with Crippen molar-refractivity contribution in [1.29, 1.82) is 0 Å². The van der Waals surface area contributed by atoms with E-state index in [4.69, 9.17) is 9.47 Å². The zero-order chi connectivity index (χ0) is 7.73. The zero-order valence-electron chi connectivity index (χ0n) is 7.14. The summed E-state index contributed by atoms with van der Waals surface area (Å²) >= 11 is 0. The van der Waals surface area contributed by atoms with Gasteiger partial charge in [0.05, 0.1) is 12.7 Å². The van der Waals surface area contributed by atoms with Crippen molar-refractivity contribution in [1.82, 2.24) is 0 Å². The molecule has 2 heterocycles. The van der Waals surface area contributed by atoms with E-state index in [2.05, 4.69) is 6.92 Å². The molecular weight excluding hydrogens is 140 g/mol. The van der Waals surface area contributed by atoms with Crippen LogP contribution in [-0.4, -0.2) is 18.5 Å². The molecule has 2 nitrogen and oxygen atoms in total. The van der Waals surface area contributed by atoms with E-state index in [0.717, 1.165) is 25.9 Å². The molecule has 0 aromatic rings. The van der Waals surface area contributed by atoms with E-state index < -0.39 is 0 Å². The molecule has 2 heteroatoms. The number of rotatable bonds is 1. The average Bonchev–Trinajstić information content (AvgIpc) is 2.62. The molecule has 2 fully saturated rings. The lowest BCUT2D eigenvalue weighted by atomic mass is 10.1. The summed E-state index contributed by atoms with van der Waals surface area (Å²) in [7, 11) is 0. The van der Waals surface area contributed by atoms with Gasteiger partial charge in [-0.05, 0) is 19.3 Å². The third-order valence-electron chi connectivity index (χ3n) is 2.75. The summed E-state index contributed by atoms with van der Waals surface area (Å²) < 4.78 is 11.4. The van der Waals surface area contributed by atoms with E-state index in [1.54, 1.807) is 0 Å². The Morgan fingerprint density at radius 1 is 1.45 bits per heavy atom. The van der Waals surface area contributed by atoms with Gasteiger partial charge in [-0.25, -0.2) is 0 Å². The summed E-state index contributed by atoms with van der Waals surface area (Å²) in [5.74, 6) is -0.138. The van der Waals surface area contributed by atoms with Crippen molar-refractivity contribution in [3.05, 3.63) is 0 Å². The molecule has 2 aliphatic rings. The van der Waals surface area contributed by atoms with Gasteiger partial charge in [0.2, 0.25) is 0 Å². The molecule has 0 aliphatic carbocycles. The predicted octanol–water partition coefficient (Wildman–Crippen LogP) is 2.08. The third-order valence-corrected chi connectivity index (χ3v) is 2.75. The Hall–Kier alpha value is -0.0800. The molecule has 0 N–H and O–H groups in total. The maximum absolute atomic E-state index is 5.84. The van der Waals surface area contributed by atoms with Crippen molar-refractivity contribution in [3.63, 3.8) is 0 Å². The molecule has 0 bridgehead atoms. The quantitative estimate of drug-likeness (QED) is 0.578. The van der Waals surface area contributed by atoms with Gasteiger partial charge >= 0.3 is 0 Å². The fourth-order valence-electron chi connectivity index (χ4n) is 2.05. The summed E-state index contributed by atoms with van der Waals surface area (Å²) in [6, 6.07) is 0. The van der Waals surface area contributed by atoms with Crippen LogP contribution in [0.2, 0.25) is 0 Å². The van der Waals surface area contributed by atoms with Crippen molar-refractivity contribution < 1.29 is 9.47 Å². The van der Waals surface area contributed by atoms with Gasteiger partial charge in [0.25, 0.3) is 0 Å². The second-order valence-electron chi connectivity index (χ2n) is 3.55. The van der Waals surface area contributed by atoms with Gasteiger partial charge in [0.1, 0.15) is 0 Å². The Bertz CT molecular complexity index is 138. The second kappa shape index (κ2) is 2.76. The normalized spacial score (nSPS) is 43.9. The molecule has 11 heavy (non-hydrogen) atoms. The largest absolute Gasteiger partial charge is 0.350 e. The Morgan fingerprint density at radius 2 is 2.36 bits per heavy atom. The minimum absolute atomic E-state index is 0.138. The topological polar surface area (TPSA) is 18.5 Å². The van der Waals surface area contributed by atoms with Gasteiger partial charge < -0.3 is 9.47 Å². The highest BCUT2D eigenvalue weighted by atomic mass is 16.7. The molecule has 0 aromatic heterocycles. The molecule has 0 aromatic carbocycles. The maximum atomic E-state index is 5.84. The fraction of sp³-hybridized carbons (Fsp3) is 1.00. The summed E-state index contributed by atoms with van der Waals surface area (Å²) in [6.45, 7) is 3.08. The molecule has 0 radical (unpaired) electrons. The van der Waals surface area contributed by atoms with Crippen molar-refractivity contribution in [3.8, 4) is 0 Å². The standard InChI is InChI=1S/C9H16O2/c1-2-8-4-6-9(11-8)5-3-7-10-9/h8H,2-7H2,1H3/t8-,9+/m1/s1. The smallest absolute Gasteiger partial charge is 0.168 e. The molecule has 1 spiro atoms. The first-order valence-corrected chi connectivity index (χ1v) is 4.66. The lowest BCUT2D eigenvalue weighted by Crippen LogP contribution is -2.27. The van der Waals surface area contributed by atoms with Crippen molar-refractivity contribution in [2.75, 3.05) is 6.61 Å². The highest BCUT2D eigenvalue weighted by Crippen LogP contribution is 2.39. The SMILES string of the molecule is CC[C@@H]1CC[C@]2(CCCO2)O1. The third kappa shape index (κ3) is 1.30. The van der Waals surface area contributed by atoms with E-state index in [1.165, 1.54) is 12.8 Å². The van der Waals surface area contributed by atoms with Crippen LogP contribution in [0.1, 0.15) is 39.0 Å². The monoisotopic (exact) mass is 156 g/mol. The number of ether oxygens (including phenoxy) is 2. The molecular formula is C9H16O2. The summed E-state index contributed by atoms with van der Waals surface area (Å²) in [6.07, 6.45) is 6.20. The van der Waals surface area contributed by atoms with E-state index in [9.17, 15) is 0 Å². The lowest BCUT2D eigenvalue weighted by molar-refractivity contribution is -0.198. The average molecular weight is 156 g/mol. The van der Waals surface area contributed by atoms with Gasteiger partial charge in [-0.1, -0.05) is 6.92 Å². The van der Waals surface area contributed by atoms with Crippen LogP contribution < -0.4 is 0 Å². The van der Waals surface area contributed by atoms with E-state index in [-0.39, 0.29) is 5.79 Å². The second-order valence-corrected chi connectivity index (χ2v) is 3.55.